The Kier molecular flexibility index (Phi) is 6.25. The molecule has 1 N–H and O–H groups in total. The summed E-state index contributed by atoms with van der Waals surface area (Å²) in [7, 11) is 0.922. The Morgan fingerprint density at radius 1 is 1.32 bits per heavy atom. The topological polar surface area (TPSA) is 75.7 Å². The lowest BCUT2D eigenvalue weighted by molar-refractivity contribution is -0.196. The second-order valence-corrected chi connectivity index (χ2v) is 6.12. The van der Waals surface area contributed by atoms with Crippen molar-refractivity contribution in [3.05, 3.63) is 11.3 Å². The van der Waals surface area contributed by atoms with Crippen molar-refractivity contribution in [3.8, 4) is 0 Å². The van der Waals surface area contributed by atoms with Gasteiger partial charge in [-0.05, 0) is 27.2 Å². The van der Waals surface area contributed by atoms with Crippen LogP contribution in [-0.2, 0) is 19.1 Å². The minimum absolute atomic E-state index is 0.181. The highest BCUT2D eigenvalue weighted by Gasteiger charge is 2.71. The van der Waals surface area contributed by atoms with E-state index in [4.69, 9.17) is 0 Å². The van der Waals surface area contributed by atoms with Crippen molar-refractivity contribution in [2.45, 2.75) is 64.7 Å². The van der Waals surface area contributed by atoms with Crippen LogP contribution in [-0.4, -0.2) is 47.6 Å². The van der Waals surface area contributed by atoms with Gasteiger partial charge in [-0.3, -0.25) is 9.59 Å². The summed E-state index contributed by atoms with van der Waals surface area (Å²) in [5.74, 6) is -3.66. The highest BCUT2D eigenvalue weighted by atomic mass is 19.4. The van der Waals surface area contributed by atoms with Gasteiger partial charge in [0.1, 0.15) is 5.57 Å². The van der Waals surface area contributed by atoms with Gasteiger partial charge in [0.25, 0.3) is 5.91 Å². The van der Waals surface area contributed by atoms with E-state index in [2.05, 4.69) is 4.74 Å². The van der Waals surface area contributed by atoms with Gasteiger partial charge in [0, 0.05) is 18.2 Å². The SMILES string of the molecule is CCCCC(=O)N[C@@]1(C(F)(F)F)C(=O)N(C(C)C)C(C)=C1C(=O)OC. The van der Waals surface area contributed by atoms with Gasteiger partial charge in [0.15, 0.2) is 0 Å². The number of esters is 1. The van der Waals surface area contributed by atoms with Gasteiger partial charge in [-0.25, -0.2) is 4.79 Å². The summed E-state index contributed by atoms with van der Waals surface area (Å²) in [6.07, 6.45) is -4.44. The molecule has 1 aliphatic rings. The molecule has 1 aliphatic heterocycles. The standard InChI is InChI=1S/C16H23F3N2O4/c1-6-7-8-11(22)20-15(16(17,18)19)12(13(23)25-5)10(4)21(9(2)3)14(15)24/h9H,6-8H2,1-5H3,(H,20,22)/t15-/m1/s1. The van der Waals surface area contributed by atoms with Crippen LogP contribution in [0.3, 0.4) is 0 Å². The van der Waals surface area contributed by atoms with Crippen LogP contribution in [0.5, 0.6) is 0 Å². The molecule has 0 saturated heterocycles. The first kappa shape index (κ1) is 21.0. The molecule has 0 aliphatic carbocycles. The molecule has 25 heavy (non-hydrogen) atoms. The van der Waals surface area contributed by atoms with Crippen molar-refractivity contribution in [3.63, 3.8) is 0 Å². The Balaban J connectivity index is 3.58. The third kappa shape index (κ3) is 3.50. The maximum atomic E-state index is 14.0. The second kappa shape index (κ2) is 7.45. The minimum atomic E-state index is -5.21. The van der Waals surface area contributed by atoms with Crippen molar-refractivity contribution < 1.29 is 32.3 Å². The van der Waals surface area contributed by atoms with Gasteiger partial charge in [-0.15, -0.1) is 0 Å². The lowest BCUT2D eigenvalue weighted by Gasteiger charge is -2.33. The number of ether oxygens (including phenoxy) is 1. The summed E-state index contributed by atoms with van der Waals surface area (Å²) >= 11 is 0. The largest absolute Gasteiger partial charge is 0.466 e. The zero-order valence-electron chi connectivity index (χ0n) is 14.9. The van der Waals surface area contributed by atoms with Gasteiger partial charge in [0.05, 0.1) is 7.11 Å². The number of halogens is 3. The molecule has 142 valence electrons. The molecule has 0 spiro atoms. The van der Waals surface area contributed by atoms with E-state index in [1.807, 2.05) is 0 Å². The maximum absolute atomic E-state index is 14.0. The molecule has 0 aromatic rings. The van der Waals surface area contributed by atoms with Crippen LogP contribution in [0.2, 0.25) is 0 Å². The molecule has 0 bridgehead atoms. The zero-order valence-corrected chi connectivity index (χ0v) is 14.9. The quantitative estimate of drug-likeness (QED) is 0.734. The van der Waals surface area contributed by atoms with Gasteiger partial charge >= 0.3 is 12.1 Å². The summed E-state index contributed by atoms with van der Waals surface area (Å²) in [4.78, 5) is 37.7. The molecule has 2 amide bonds. The van der Waals surface area contributed by atoms with Crippen molar-refractivity contribution in [1.29, 1.82) is 0 Å². The highest BCUT2D eigenvalue weighted by molar-refractivity contribution is 6.10. The van der Waals surface area contributed by atoms with Crippen LogP contribution in [0, 0.1) is 0 Å². The average Bonchev–Trinajstić information content (AvgIpc) is 2.72. The molecule has 9 heteroatoms. The van der Waals surface area contributed by atoms with Gasteiger partial charge < -0.3 is 15.0 Å². The van der Waals surface area contributed by atoms with Crippen LogP contribution in [0.15, 0.2) is 11.3 Å². The molecule has 1 atom stereocenters. The number of nitrogens with zero attached hydrogens (tertiary/aromatic N) is 1. The number of rotatable bonds is 6. The minimum Gasteiger partial charge on any atom is -0.466 e. The number of carbonyl (C=O) groups is 3. The molecule has 0 aromatic heterocycles. The normalized spacial score (nSPS) is 21.2. The molecule has 6 nitrogen and oxygen atoms in total. The molecule has 1 heterocycles. The second-order valence-electron chi connectivity index (χ2n) is 6.12. The van der Waals surface area contributed by atoms with E-state index in [-0.39, 0.29) is 12.1 Å². The smallest absolute Gasteiger partial charge is 0.425 e. The van der Waals surface area contributed by atoms with Crippen molar-refractivity contribution in [2.24, 2.45) is 0 Å². The summed E-state index contributed by atoms with van der Waals surface area (Å²) in [5, 5.41) is 1.78. The maximum Gasteiger partial charge on any atom is 0.425 e. The molecular weight excluding hydrogens is 341 g/mol. The molecule has 1 rings (SSSR count). The monoisotopic (exact) mass is 364 g/mol. The fraction of sp³-hybridized carbons (Fsp3) is 0.688. The molecule has 0 aromatic carbocycles. The summed E-state index contributed by atoms with van der Waals surface area (Å²) in [5.41, 5.74) is -4.51. The number of hydrogen-bond donors (Lipinski definition) is 1. The summed E-state index contributed by atoms with van der Waals surface area (Å²) in [6, 6.07) is -0.635. The lowest BCUT2D eigenvalue weighted by atomic mass is 9.89. The van der Waals surface area contributed by atoms with Gasteiger partial charge in [-0.2, -0.15) is 13.2 Å². The van der Waals surface area contributed by atoms with E-state index in [1.54, 1.807) is 12.2 Å². The van der Waals surface area contributed by atoms with Crippen LogP contribution in [0.4, 0.5) is 13.2 Å². The predicted octanol–water partition coefficient (Wildman–Crippen LogP) is 2.29. The van der Waals surface area contributed by atoms with Crippen molar-refractivity contribution in [1.82, 2.24) is 10.2 Å². The molecule has 0 radical (unpaired) electrons. The Hall–Kier alpha value is -2.06. The lowest BCUT2D eigenvalue weighted by Crippen LogP contribution is -2.66. The number of nitrogens with one attached hydrogen (secondary N) is 1. The Morgan fingerprint density at radius 3 is 2.28 bits per heavy atom. The average molecular weight is 364 g/mol. The van der Waals surface area contributed by atoms with Crippen LogP contribution in [0.25, 0.3) is 0 Å². The zero-order chi connectivity index (χ0) is 19.6. The number of methoxy groups -OCH3 is 1. The third-order valence-electron chi connectivity index (χ3n) is 4.05. The highest BCUT2D eigenvalue weighted by Crippen LogP contribution is 2.45. The first-order valence-electron chi connectivity index (χ1n) is 7.96. The third-order valence-corrected chi connectivity index (χ3v) is 4.05. The molecule has 0 fully saturated rings. The number of carbonyl (C=O) groups excluding carboxylic acids is 3. The number of amides is 2. The number of alkyl halides is 3. The van der Waals surface area contributed by atoms with E-state index < -0.39 is 41.1 Å². The van der Waals surface area contributed by atoms with Crippen molar-refractivity contribution in [2.75, 3.05) is 7.11 Å². The Bertz CT molecular complexity index is 599. The number of hydrogen-bond acceptors (Lipinski definition) is 4. The number of unbranched alkanes of at least 4 members (excludes halogenated alkanes) is 1. The van der Waals surface area contributed by atoms with E-state index in [0.29, 0.717) is 12.8 Å². The van der Waals surface area contributed by atoms with Crippen LogP contribution < -0.4 is 5.32 Å². The van der Waals surface area contributed by atoms with E-state index in [0.717, 1.165) is 12.0 Å². The van der Waals surface area contributed by atoms with Crippen LogP contribution >= 0.6 is 0 Å². The van der Waals surface area contributed by atoms with E-state index in [9.17, 15) is 27.6 Å². The fourth-order valence-electron chi connectivity index (χ4n) is 2.92. The molecule has 0 unspecified atom stereocenters. The first-order valence-corrected chi connectivity index (χ1v) is 7.96. The predicted molar refractivity (Wildman–Crippen MR) is 83.2 cm³/mol. The first-order chi connectivity index (χ1) is 11.5. The number of allylic oxidation sites excluding steroid dienone is 1. The molecule has 0 saturated carbocycles. The van der Waals surface area contributed by atoms with Crippen molar-refractivity contribution >= 4 is 17.8 Å². The van der Waals surface area contributed by atoms with Gasteiger partial charge in [0.2, 0.25) is 11.4 Å². The Labute approximate surface area is 144 Å². The van der Waals surface area contributed by atoms with Crippen LogP contribution in [0.1, 0.15) is 47.0 Å². The summed E-state index contributed by atoms with van der Waals surface area (Å²) in [6.45, 7) is 6.04. The molecular formula is C16H23F3N2O4. The fourth-order valence-corrected chi connectivity index (χ4v) is 2.92. The van der Waals surface area contributed by atoms with E-state index in [1.165, 1.54) is 20.8 Å². The van der Waals surface area contributed by atoms with Gasteiger partial charge in [-0.1, -0.05) is 13.3 Å². The van der Waals surface area contributed by atoms with E-state index >= 15 is 0 Å². The Morgan fingerprint density at radius 2 is 1.88 bits per heavy atom. The summed E-state index contributed by atoms with van der Waals surface area (Å²) < 4.78 is 46.5.